The van der Waals surface area contributed by atoms with Crippen LogP contribution in [0.2, 0.25) is 0 Å². The maximum Gasteiger partial charge on any atom is 0.227 e. The van der Waals surface area contributed by atoms with Crippen LogP contribution in [0.25, 0.3) is 22.4 Å². The summed E-state index contributed by atoms with van der Waals surface area (Å²) in [4.78, 5) is 20.6. The van der Waals surface area contributed by atoms with E-state index < -0.39 is 0 Å². The zero-order valence-corrected chi connectivity index (χ0v) is 15.3. The molecule has 2 unspecified atom stereocenters. The van der Waals surface area contributed by atoms with Crippen LogP contribution in [0.1, 0.15) is 25.7 Å². The Morgan fingerprint density at radius 2 is 1.88 bits per heavy atom. The van der Waals surface area contributed by atoms with Gasteiger partial charge in [0.15, 0.2) is 0 Å². The maximum absolute atomic E-state index is 12.7. The molecule has 0 bridgehead atoms. The maximum atomic E-state index is 12.7. The number of para-hydroxylation sites is 3. The highest BCUT2D eigenvalue weighted by Crippen LogP contribution is 2.29. The highest BCUT2D eigenvalue weighted by atomic mass is 35.5. The van der Waals surface area contributed by atoms with Gasteiger partial charge in [0.1, 0.15) is 5.82 Å². The van der Waals surface area contributed by atoms with Gasteiger partial charge < -0.3 is 16.0 Å². The van der Waals surface area contributed by atoms with Crippen LogP contribution >= 0.6 is 12.4 Å². The van der Waals surface area contributed by atoms with E-state index in [1.165, 1.54) is 0 Å². The summed E-state index contributed by atoms with van der Waals surface area (Å²) in [6, 6.07) is 15.8. The number of aromatic amines is 1. The van der Waals surface area contributed by atoms with E-state index in [-0.39, 0.29) is 30.3 Å². The van der Waals surface area contributed by atoms with E-state index in [9.17, 15) is 4.79 Å². The van der Waals surface area contributed by atoms with Crippen molar-refractivity contribution in [3.05, 3.63) is 48.5 Å². The van der Waals surface area contributed by atoms with Crippen molar-refractivity contribution in [1.82, 2.24) is 9.97 Å². The van der Waals surface area contributed by atoms with Gasteiger partial charge in [-0.1, -0.05) is 30.7 Å². The number of aromatic nitrogens is 2. The standard InChI is InChI=1S/C20H22N4O.ClH/c21-14-7-5-6-13(12-14)20(25)24-16-9-2-1-8-15(16)19-22-17-10-3-4-11-18(17)23-19;/h1-4,8-11,13-14H,5-7,12,21H2,(H,22,23)(H,24,25);1H. The molecule has 0 radical (unpaired) electrons. The lowest BCUT2D eigenvalue weighted by Gasteiger charge is -2.25. The van der Waals surface area contributed by atoms with Gasteiger partial charge >= 0.3 is 0 Å². The number of carbonyl (C=O) groups is 1. The number of rotatable bonds is 3. The molecule has 4 rings (SSSR count). The third kappa shape index (κ3) is 3.74. The average molecular weight is 371 g/mol. The highest BCUT2D eigenvalue weighted by Gasteiger charge is 2.26. The fourth-order valence-corrected chi connectivity index (χ4v) is 3.58. The number of hydrogen-bond donors (Lipinski definition) is 3. The minimum absolute atomic E-state index is 0. The van der Waals surface area contributed by atoms with Crippen LogP contribution in [0.5, 0.6) is 0 Å². The summed E-state index contributed by atoms with van der Waals surface area (Å²) in [6.07, 6.45) is 3.70. The molecule has 6 heteroatoms. The summed E-state index contributed by atoms with van der Waals surface area (Å²) in [5.74, 6) is 0.809. The third-order valence-electron chi connectivity index (χ3n) is 4.91. The second-order valence-corrected chi connectivity index (χ2v) is 6.76. The van der Waals surface area contributed by atoms with Crippen molar-refractivity contribution in [2.24, 2.45) is 11.7 Å². The first-order valence-corrected chi connectivity index (χ1v) is 8.81. The summed E-state index contributed by atoms with van der Waals surface area (Å²) in [7, 11) is 0. The molecule has 0 saturated heterocycles. The molecule has 1 aromatic heterocycles. The number of hydrogen-bond acceptors (Lipinski definition) is 3. The number of nitrogens with one attached hydrogen (secondary N) is 2. The predicted molar refractivity (Wildman–Crippen MR) is 107 cm³/mol. The zero-order chi connectivity index (χ0) is 17.2. The lowest BCUT2D eigenvalue weighted by atomic mass is 9.85. The normalized spacial score (nSPS) is 19.7. The smallest absolute Gasteiger partial charge is 0.227 e. The van der Waals surface area contributed by atoms with Crippen LogP contribution in [0.15, 0.2) is 48.5 Å². The van der Waals surface area contributed by atoms with Crippen molar-refractivity contribution in [3.8, 4) is 11.4 Å². The van der Waals surface area contributed by atoms with Gasteiger partial charge in [-0.15, -0.1) is 12.4 Å². The lowest BCUT2D eigenvalue weighted by Crippen LogP contribution is -2.34. The van der Waals surface area contributed by atoms with E-state index in [0.29, 0.717) is 0 Å². The number of nitrogens with two attached hydrogens (primary N) is 1. The highest BCUT2D eigenvalue weighted by molar-refractivity contribution is 5.96. The fraction of sp³-hybridized carbons (Fsp3) is 0.300. The Hall–Kier alpha value is -2.37. The number of carbonyl (C=O) groups excluding carboxylic acids is 1. The molecule has 4 N–H and O–H groups in total. The van der Waals surface area contributed by atoms with Gasteiger partial charge in [-0.3, -0.25) is 4.79 Å². The summed E-state index contributed by atoms with van der Waals surface area (Å²) in [5.41, 5.74) is 9.60. The van der Waals surface area contributed by atoms with Crippen molar-refractivity contribution in [2.75, 3.05) is 5.32 Å². The van der Waals surface area contributed by atoms with Crippen molar-refractivity contribution in [1.29, 1.82) is 0 Å². The average Bonchev–Trinajstić information content (AvgIpc) is 3.06. The number of benzene rings is 2. The van der Waals surface area contributed by atoms with Crippen molar-refractivity contribution >= 4 is 35.0 Å². The molecule has 1 saturated carbocycles. The van der Waals surface area contributed by atoms with E-state index in [0.717, 1.165) is 53.8 Å². The van der Waals surface area contributed by atoms with Crippen molar-refractivity contribution in [2.45, 2.75) is 31.7 Å². The molecule has 1 aliphatic rings. The van der Waals surface area contributed by atoms with E-state index in [1.54, 1.807) is 0 Å². The van der Waals surface area contributed by atoms with Gasteiger partial charge in [-0.2, -0.15) is 0 Å². The van der Waals surface area contributed by atoms with Gasteiger partial charge in [0.2, 0.25) is 5.91 Å². The Kier molecular flexibility index (Phi) is 5.59. The molecule has 2 aromatic carbocycles. The van der Waals surface area contributed by atoms with E-state index in [4.69, 9.17) is 5.73 Å². The van der Waals surface area contributed by atoms with Gasteiger partial charge in [0, 0.05) is 17.5 Å². The molecule has 0 spiro atoms. The Labute approximate surface area is 158 Å². The number of halogens is 1. The monoisotopic (exact) mass is 370 g/mol. The molecule has 26 heavy (non-hydrogen) atoms. The number of amides is 1. The Balaban J connectivity index is 0.00000196. The second-order valence-electron chi connectivity index (χ2n) is 6.76. The van der Waals surface area contributed by atoms with Crippen LogP contribution in [-0.4, -0.2) is 21.9 Å². The number of nitrogens with zero attached hydrogens (tertiary/aromatic N) is 1. The summed E-state index contributed by atoms with van der Waals surface area (Å²) < 4.78 is 0. The molecule has 1 heterocycles. The van der Waals surface area contributed by atoms with Gasteiger partial charge in [-0.25, -0.2) is 4.98 Å². The molecule has 1 amide bonds. The first kappa shape index (κ1) is 18.4. The minimum Gasteiger partial charge on any atom is -0.338 e. The number of anilines is 1. The SMILES string of the molecule is Cl.NC1CCCC(C(=O)Nc2ccccc2-c2nc3ccccc3[nH]2)C1. The van der Waals surface area contributed by atoms with Gasteiger partial charge in [0.05, 0.1) is 16.7 Å². The van der Waals surface area contributed by atoms with E-state index >= 15 is 0 Å². The first-order chi connectivity index (χ1) is 12.2. The summed E-state index contributed by atoms with van der Waals surface area (Å²) in [5, 5.41) is 3.09. The van der Waals surface area contributed by atoms with Gasteiger partial charge in [0.25, 0.3) is 0 Å². The molecule has 5 nitrogen and oxygen atoms in total. The largest absolute Gasteiger partial charge is 0.338 e. The number of imidazole rings is 1. The van der Waals surface area contributed by atoms with Gasteiger partial charge in [-0.05, 0) is 43.5 Å². The minimum atomic E-state index is -0.00696. The zero-order valence-electron chi connectivity index (χ0n) is 14.4. The topological polar surface area (TPSA) is 83.8 Å². The van der Waals surface area contributed by atoms with Crippen molar-refractivity contribution < 1.29 is 4.79 Å². The number of H-pyrrole nitrogens is 1. The molecule has 2 atom stereocenters. The molecule has 0 aliphatic heterocycles. The Morgan fingerprint density at radius 3 is 2.69 bits per heavy atom. The molecule has 1 aliphatic carbocycles. The molecule has 136 valence electrons. The molecular weight excluding hydrogens is 348 g/mol. The molecular formula is C20H23ClN4O. The van der Waals surface area contributed by atoms with Crippen molar-refractivity contribution in [3.63, 3.8) is 0 Å². The van der Waals surface area contributed by atoms with Crippen LogP contribution < -0.4 is 11.1 Å². The fourth-order valence-electron chi connectivity index (χ4n) is 3.58. The lowest BCUT2D eigenvalue weighted by molar-refractivity contribution is -0.120. The molecule has 3 aromatic rings. The summed E-state index contributed by atoms with van der Waals surface area (Å²) >= 11 is 0. The summed E-state index contributed by atoms with van der Waals surface area (Å²) in [6.45, 7) is 0. The second kappa shape index (κ2) is 7.89. The van der Waals surface area contributed by atoms with E-state index in [1.807, 2.05) is 48.5 Å². The van der Waals surface area contributed by atoms with Crippen LogP contribution in [0.4, 0.5) is 5.69 Å². The van der Waals surface area contributed by atoms with Crippen LogP contribution in [0, 0.1) is 5.92 Å². The third-order valence-corrected chi connectivity index (χ3v) is 4.91. The predicted octanol–water partition coefficient (Wildman–Crippen LogP) is 4.11. The Morgan fingerprint density at radius 1 is 1.12 bits per heavy atom. The molecule has 1 fully saturated rings. The van der Waals surface area contributed by atoms with Crippen LogP contribution in [-0.2, 0) is 4.79 Å². The van der Waals surface area contributed by atoms with Crippen LogP contribution in [0.3, 0.4) is 0 Å². The van der Waals surface area contributed by atoms with E-state index in [2.05, 4.69) is 15.3 Å². The Bertz CT molecular complexity index is 874. The number of fused-ring (bicyclic) bond motifs is 1. The quantitative estimate of drug-likeness (QED) is 0.648. The first-order valence-electron chi connectivity index (χ1n) is 8.81.